The van der Waals surface area contributed by atoms with Crippen molar-refractivity contribution < 1.29 is 5.11 Å². The average molecular weight is 296 g/mol. The average Bonchev–Trinajstić information content (AvgIpc) is 2.92. The number of fused-ring (bicyclic) bond motifs is 1. The Balaban J connectivity index is 1.79. The van der Waals surface area contributed by atoms with Gasteiger partial charge in [-0.25, -0.2) is 0 Å². The van der Waals surface area contributed by atoms with Crippen LogP contribution in [-0.4, -0.2) is 26.3 Å². The monoisotopic (exact) mass is 296 g/mol. The van der Waals surface area contributed by atoms with Crippen molar-refractivity contribution in [2.45, 2.75) is 39.6 Å². The molecule has 22 heavy (non-hydrogen) atoms. The third kappa shape index (κ3) is 2.76. The van der Waals surface area contributed by atoms with Crippen LogP contribution in [0.15, 0.2) is 24.3 Å². The molecule has 0 bridgehead atoms. The fraction of sp³-hybridized carbons (Fsp3) is 0.412. The van der Waals surface area contributed by atoms with Gasteiger partial charge in [0.2, 0.25) is 0 Å². The van der Waals surface area contributed by atoms with E-state index in [1.807, 2.05) is 22.9 Å². The molecule has 2 aromatic rings. The van der Waals surface area contributed by atoms with Gasteiger partial charge >= 0.3 is 0 Å². The van der Waals surface area contributed by atoms with E-state index in [0.29, 0.717) is 5.56 Å². The summed E-state index contributed by atoms with van der Waals surface area (Å²) in [5, 5.41) is 23.0. The van der Waals surface area contributed by atoms with Crippen molar-refractivity contribution in [3.63, 3.8) is 0 Å². The minimum absolute atomic E-state index is 0.00685. The zero-order chi connectivity index (χ0) is 15.5. The first-order chi connectivity index (χ1) is 10.7. The van der Waals surface area contributed by atoms with Gasteiger partial charge in [0.1, 0.15) is 0 Å². The van der Waals surface area contributed by atoms with Crippen LogP contribution in [0.3, 0.4) is 0 Å². The molecule has 0 saturated heterocycles. The van der Waals surface area contributed by atoms with Crippen molar-refractivity contribution in [3.8, 4) is 6.07 Å². The summed E-state index contributed by atoms with van der Waals surface area (Å²) in [4.78, 5) is 2.35. The maximum atomic E-state index is 9.52. The van der Waals surface area contributed by atoms with E-state index in [9.17, 15) is 5.11 Å². The van der Waals surface area contributed by atoms with Gasteiger partial charge in [-0.05, 0) is 24.6 Å². The van der Waals surface area contributed by atoms with Crippen molar-refractivity contribution in [3.05, 3.63) is 52.3 Å². The Bertz CT molecular complexity index is 714. The van der Waals surface area contributed by atoms with Gasteiger partial charge < -0.3 is 5.11 Å². The summed E-state index contributed by atoms with van der Waals surface area (Å²) in [6.45, 7) is 5.51. The number of nitriles is 1. The van der Waals surface area contributed by atoms with Crippen molar-refractivity contribution in [1.29, 1.82) is 5.26 Å². The van der Waals surface area contributed by atoms with Crippen LogP contribution < -0.4 is 0 Å². The highest BCUT2D eigenvalue weighted by Crippen LogP contribution is 2.24. The van der Waals surface area contributed by atoms with E-state index in [1.54, 1.807) is 0 Å². The van der Waals surface area contributed by atoms with Gasteiger partial charge in [-0.2, -0.15) is 10.4 Å². The Morgan fingerprint density at radius 3 is 3.00 bits per heavy atom. The predicted octanol–water partition coefficient (Wildman–Crippen LogP) is 1.83. The topological polar surface area (TPSA) is 65.1 Å². The molecule has 0 unspecified atom stereocenters. The Kier molecular flexibility index (Phi) is 4.23. The summed E-state index contributed by atoms with van der Waals surface area (Å²) in [5.41, 5.74) is 5.08. The highest BCUT2D eigenvalue weighted by atomic mass is 16.3. The second-order valence-corrected chi connectivity index (χ2v) is 5.62. The lowest BCUT2D eigenvalue weighted by molar-refractivity contribution is 0.236. The Labute approximate surface area is 130 Å². The SMILES string of the molecule is CCn1nc(CO)c2c1CCN(Cc1cccc(C#N)c1)C2. The number of benzene rings is 1. The van der Waals surface area contributed by atoms with Crippen LogP contribution in [0, 0.1) is 11.3 Å². The molecule has 5 heteroatoms. The standard InChI is InChI=1S/C17H20N4O/c1-2-21-17-6-7-20(11-15(17)16(12-22)19-21)10-14-5-3-4-13(8-14)9-18/h3-5,8,22H,2,6-7,10-12H2,1H3. The van der Waals surface area contributed by atoms with E-state index in [1.165, 1.54) is 11.3 Å². The zero-order valence-electron chi connectivity index (χ0n) is 12.8. The fourth-order valence-electron chi connectivity index (χ4n) is 3.14. The normalized spacial score (nSPS) is 14.6. The smallest absolute Gasteiger partial charge is 0.0991 e. The lowest BCUT2D eigenvalue weighted by Gasteiger charge is -2.27. The summed E-state index contributed by atoms with van der Waals surface area (Å²) in [7, 11) is 0. The molecular weight excluding hydrogens is 276 g/mol. The van der Waals surface area contributed by atoms with E-state index in [-0.39, 0.29) is 6.61 Å². The summed E-state index contributed by atoms with van der Waals surface area (Å²) in [6.07, 6.45) is 0.952. The largest absolute Gasteiger partial charge is 0.390 e. The van der Waals surface area contributed by atoms with E-state index >= 15 is 0 Å². The van der Waals surface area contributed by atoms with Crippen molar-refractivity contribution in [1.82, 2.24) is 14.7 Å². The molecule has 3 rings (SSSR count). The predicted molar refractivity (Wildman–Crippen MR) is 82.8 cm³/mol. The molecule has 0 fully saturated rings. The number of aryl methyl sites for hydroxylation is 1. The van der Waals surface area contributed by atoms with Crippen LogP contribution in [0.2, 0.25) is 0 Å². The quantitative estimate of drug-likeness (QED) is 0.935. The Morgan fingerprint density at radius 1 is 1.41 bits per heavy atom. The van der Waals surface area contributed by atoms with Gasteiger partial charge in [-0.1, -0.05) is 12.1 Å². The first-order valence-electron chi connectivity index (χ1n) is 7.64. The minimum atomic E-state index is -0.00685. The summed E-state index contributed by atoms with van der Waals surface area (Å²) in [6, 6.07) is 9.94. The molecule has 0 radical (unpaired) electrons. The van der Waals surface area contributed by atoms with Crippen molar-refractivity contribution in [2.75, 3.05) is 6.54 Å². The lowest BCUT2D eigenvalue weighted by atomic mass is 10.0. The molecule has 1 aromatic carbocycles. The van der Waals surface area contributed by atoms with Crippen LogP contribution in [0.5, 0.6) is 0 Å². The molecule has 114 valence electrons. The summed E-state index contributed by atoms with van der Waals surface area (Å²) < 4.78 is 2.01. The van der Waals surface area contributed by atoms with Crippen LogP contribution >= 0.6 is 0 Å². The Morgan fingerprint density at radius 2 is 2.27 bits per heavy atom. The van der Waals surface area contributed by atoms with E-state index in [0.717, 1.165) is 43.9 Å². The van der Waals surface area contributed by atoms with Gasteiger partial charge in [-0.15, -0.1) is 0 Å². The second-order valence-electron chi connectivity index (χ2n) is 5.62. The number of rotatable bonds is 4. The van der Waals surface area contributed by atoms with E-state index in [2.05, 4.69) is 29.1 Å². The van der Waals surface area contributed by atoms with Gasteiger partial charge in [0.25, 0.3) is 0 Å². The van der Waals surface area contributed by atoms with Crippen LogP contribution in [0.1, 0.15) is 35.0 Å². The molecule has 0 amide bonds. The van der Waals surface area contributed by atoms with E-state index < -0.39 is 0 Å². The van der Waals surface area contributed by atoms with Gasteiger partial charge in [0.15, 0.2) is 0 Å². The second kappa shape index (κ2) is 6.30. The number of nitrogens with zero attached hydrogens (tertiary/aromatic N) is 4. The summed E-state index contributed by atoms with van der Waals surface area (Å²) in [5.74, 6) is 0. The van der Waals surface area contributed by atoms with Crippen LogP contribution in [0.25, 0.3) is 0 Å². The molecule has 2 heterocycles. The van der Waals surface area contributed by atoms with Gasteiger partial charge in [0, 0.05) is 43.9 Å². The minimum Gasteiger partial charge on any atom is -0.390 e. The molecule has 0 aliphatic carbocycles. The summed E-state index contributed by atoms with van der Waals surface area (Å²) >= 11 is 0. The number of aromatic nitrogens is 2. The molecule has 1 aliphatic heterocycles. The molecule has 1 aliphatic rings. The maximum Gasteiger partial charge on any atom is 0.0991 e. The third-order valence-electron chi connectivity index (χ3n) is 4.21. The number of aliphatic hydroxyl groups excluding tert-OH is 1. The molecule has 0 atom stereocenters. The number of hydrogen-bond acceptors (Lipinski definition) is 4. The zero-order valence-corrected chi connectivity index (χ0v) is 12.8. The molecule has 1 N–H and O–H groups in total. The maximum absolute atomic E-state index is 9.52. The molecule has 5 nitrogen and oxygen atoms in total. The van der Waals surface area contributed by atoms with E-state index in [4.69, 9.17) is 5.26 Å². The van der Waals surface area contributed by atoms with Crippen LogP contribution in [-0.2, 0) is 32.7 Å². The molecule has 0 saturated carbocycles. The van der Waals surface area contributed by atoms with Crippen LogP contribution in [0.4, 0.5) is 0 Å². The molecule has 1 aromatic heterocycles. The van der Waals surface area contributed by atoms with Gasteiger partial charge in [0.05, 0.1) is 23.9 Å². The number of hydrogen-bond donors (Lipinski definition) is 1. The molecule has 0 spiro atoms. The third-order valence-corrected chi connectivity index (χ3v) is 4.21. The number of aliphatic hydroxyl groups is 1. The first kappa shape index (κ1) is 14.8. The Hall–Kier alpha value is -2.16. The fourth-order valence-corrected chi connectivity index (χ4v) is 3.14. The first-order valence-corrected chi connectivity index (χ1v) is 7.64. The van der Waals surface area contributed by atoms with Crippen molar-refractivity contribution in [2.24, 2.45) is 0 Å². The lowest BCUT2D eigenvalue weighted by Crippen LogP contribution is -2.31. The highest BCUT2D eigenvalue weighted by molar-refractivity contribution is 5.33. The highest BCUT2D eigenvalue weighted by Gasteiger charge is 2.24. The van der Waals surface area contributed by atoms with Crippen molar-refractivity contribution >= 4 is 0 Å². The molecular formula is C17H20N4O. The van der Waals surface area contributed by atoms with Gasteiger partial charge in [-0.3, -0.25) is 9.58 Å².